The Kier molecular flexibility index (Phi) is 6.33. The van der Waals surface area contributed by atoms with Crippen molar-refractivity contribution in [2.24, 2.45) is 0 Å². The standard InChI is InChI=1S/C23H19NO4/c25-21(15-14-17-8-3-1-4-9-17)28-20-13-7-12-19(16-20)22(23(26)24-27)18-10-5-2-6-11-18/h1-16,22,27H,(H,24,26)/b15-14+. The summed E-state index contributed by atoms with van der Waals surface area (Å²) in [5, 5.41) is 9.13. The number of esters is 1. The van der Waals surface area contributed by atoms with Crippen molar-refractivity contribution in [1.82, 2.24) is 5.48 Å². The lowest BCUT2D eigenvalue weighted by atomic mass is 9.90. The monoisotopic (exact) mass is 373 g/mol. The zero-order valence-electron chi connectivity index (χ0n) is 15.0. The van der Waals surface area contributed by atoms with Crippen molar-refractivity contribution < 1.29 is 19.5 Å². The molecule has 3 rings (SSSR count). The molecule has 0 radical (unpaired) electrons. The van der Waals surface area contributed by atoms with E-state index in [9.17, 15) is 9.59 Å². The Labute approximate surface area is 162 Å². The molecule has 0 aromatic heterocycles. The van der Waals surface area contributed by atoms with Gasteiger partial charge in [0.1, 0.15) is 5.75 Å². The highest BCUT2D eigenvalue weighted by Gasteiger charge is 2.22. The summed E-state index contributed by atoms with van der Waals surface area (Å²) in [4.78, 5) is 24.3. The highest BCUT2D eigenvalue weighted by atomic mass is 16.5. The maximum atomic E-state index is 12.2. The van der Waals surface area contributed by atoms with Gasteiger partial charge in [0.15, 0.2) is 0 Å². The van der Waals surface area contributed by atoms with E-state index in [-0.39, 0.29) is 0 Å². The first-order valence-electron chi connectivity index (χ1n) is 8.71. The Morgan fingerprint density at radius 3 is 2.18 bits per heavy atom. The molecule has 1 unspecified atom stereocenters. The van der Waals surface area contributed by atoms with Crippen molar-refractivity contribution in [2.45, 2.75) is 5.92 Å². The summed E-state index contributed by atoms with van der Waals surface area (Å²) in [6.45, 7) is 0. The zero-order chi connectivity index (χ0) is 19.8. The molecule has 28 heavy (non-hydrogen) atoms. The first-order valence-corrected chi connectivity index (χ1v) is 8.71. The molecule has 2 N–H and O–H groups in total. The van der Waals surface area contributed by atoms with Crippen LogP contribution in [0.2, 0.25) is 0 Å². The van der Waals surface area contributed by atoms with Gasteiger partial charge < -0.3 is 4.74 Å². The number of carbonyl (C=O) groups excluding carboxylic acids is 2. The van der Waals surface area contributed by atoms with Gasteiger partial charge in [-0.1, -0.05) is 72.8 Å². The average Bonchev–Trinajstić information content (AvgIpc) is 2.74. The Balaban J connectivity index is 1.79. The molecule has 140 valence electrons. The van der Waals surface area contributed by atoms with Crippen molar-refractivity contribution in [3.05, 3.63) is 108 Å². The Bertz CT molecular complexity index is 968. The predicted octanol–water partition coefficient (Wildman–Crippen LogP) is 3.94. The molecule has 0 aliphatic rings. The van der Waals surface area contributed by atoms with Crippen molar-refractivity contribution in [3.63, 3.8) is 0 Å². The molecule has 5 nitrogen and oxygen atoms in total. The molecule has 0 aliphatic carbocycles. The lowest BCUT2D eigenvalue weighted by Gasteiger charge is -2.16. The first kappa shape index (κ1) is 19.1. The second kappa shape index (κ2) is 9.30. The van der Waals surface area contributed by atoms with Gasteiger partial charge in [0.05, 0.1) is 5.92 Å². The van der Waals surface area contributed by atoms with Crippen LogP contribution in [0.5, 0.6) is 5.75 Å². The SMILES string of the molecule is O=C(/C=C/c1ccccc1)Oc1cccc(C(C(=O)NO)c2ccccc2)c1. The molecule has 5 heteroatoms. The van der Waals surface area contributed by atoms with E-state index in [1.807, 2.05) is 48.5 Å². The molecule has 0 fully saturated rings. The number of benzene rings is 3. The number of ether oxygens (including phenoxy) is 1. The van der Waals surface area contributed by atoms with Crippen LogP contribution in [-0.4, -0.2) is 17.1 Å². The van der Waals surface area contributed by atoms with E-state index in [0.29, 0.717) is 16.9 Å². The van der Waals surface area contributed by atoms with E-state index in [1.165, 1.54) is 6.08 Å². The van der Waals surface area contributed by atoms with Crippen LogP contribution in [0.4, 0.5) is 0 Å². The summed E-state index contributed by atoms with van der Waals surface area (Å²) in [5.41, 5.74) is 3.89. The van der Waals surface area contributed by atoms with Crippen molar-refractivity contribution in [2.75, 3.05) is 0 Å². The minimum absolute atomic E-state index is 0.312. The first-order chi connectivity index (χ1) is 13.7. The van der Waals surface area contributed by atoms with Gasteiger partial charge in [-0.25, -0.2) is 10.3 Å². The fourth-order valence-electron chi connectivity index (χ4n) is 2.84. The smallest absolute Gasteiger partial charge is 0.336 e. The van der Waals surface area contributed by atoms with Crippen molar-refractivity contribution in [3.8, 4) is 5.75 Å². The normalized spacial score (nSPS) is 11.8. The van der Waals surface area contributed by atoms with Crippen LogP contribution in [0.25, 0.3) is 6.08 Å². The molecule has 0 bridgehead atoms. The highest BCUT2D eigenvalue weighted by molar-refractivity contribution is 5.89. The lowest BCUT2D eigenvalue weighted by Crippen LogP contribution is -2.27. The molecule has 0 spiro atoms. The van der Waals surface area contributed by atoms with Crippen LogP contribution in [0.1, 0.15) is 22.6 Å². The number of rotatable bonds is 6. The summed E-state index contributed by atoms with van der Waals surface area (Å²) < 4.78 is 5.36. The number of hydrogen-bond donors (Lipinski definition) is 2. The molecule has 1 atom stereocenters. The molecule has 0 aliphatic heterocycles. The lowest BCUT2D eigenvalue weighted by molar-refractivity contribution is -0.130. The summed E-state index contributed by atoms with van der Waals surface area (Å²) >= 11 is 0. The second-order valence-corrected chi connectivity index (χ2v) is 6.06. The second-order valence-electron chi connectivity index (χ2n) is 6.06. The number of amides is 1. The van der Waals surface area contributed by atoms with Gasteiger partial charge in [-0.05, 0) is 34.9 Å². The number of nitrogens with one attached hydrogen (secondary N) is 1. The Hall–Kier alpha value is -3.70. The quantitative estimate of drug-likeness (QED) is 0.226. The zero-order valence-corrected chi connectivity index (χ0v) is 15.0. The van der Waals surface area contributed by atoms with Gasteiger partial charge in [-0.15, -0.1) is 0 Å². The third-order valence-electron chi connectivity index (χ3n) is 4.13. The molecular weight excluding hydrogens is 354 g/mol. The minimum Gasteiger partial charge on any atom is -0.423 e. The molecule has 0 saturated heterocycles. The summed E-state index contributed by atoms with van der Waals surface area (Å²) in [6.07, 6.45) is 3.01. The van der Waals surface area contributed by atoms with Crippen LogP contribution in [0.15, 0.2) is 91.0 Å². The van der Waals surface area contributed by atoms with Crippen LogP contribution in [0.3, 0.4) is 0 Å². The van der Waals surface area contributed by atoms with Crippen LogP contribution >= 0.6 is 0 Å². The molecule has 3 aromatic rings. The maximum Gasteiger partial charge on any atom is 0.336 e. The molecule has 1 amide bonds. The van der Waals surface area contributed by atoms with E-state index in [0.717, 1.165) is 5.56 Å². The largest absolute Gasteiger partial charge is 0.423 e. The molecule has 0 saturated carbocycles. The van der Waals surface area contributed by atoms with Crippen LogP contribution < -0.4 is 10.2 Å². The number of hydroxylamine groups is 1. The third kappa shape index (κ3) is 4.93. The van der Waals surface area contributed by atoms with E-state index in [4.69, 9.17) is 9.94 Å². The van der Waals surface area contributed by atoms with Gasteiger partial charge in [0.25, 0.3) is 5.91 Å². The third-order valence-corrected chi connectivity index (χ3v) is 4.13. The molecule has 0 heterocycles. The van der Waals surface area contributed by atoms with Gasteiger partial charge >= 0.3 is 5.97 Å². The average molecular weight is 373 g/mol. The number of hydrogen-bond acceptors (Lipinski definition) is 4. The van der Waals surface area contributed by atoms with Gasteiger partial charge in [-0.3, -0.25) is 10.0 Å². The highest BCUT2D eigenvalue weighted by Crippen LogP contribution is 2.27. The fourth-order valence-corrected chi connectivity index (χ4v) is 2.84. The van der Waals surface area contributed by atoms with E-state index in [1.54, 1.807) is 48.0 Å². The topological polar surface area (TPSA) is 75.6 Å². The van der Waals surface area contributed by atoms with E-state index in [2.05, 4.69) is 0 Å². The van der Waals surface area contributed by atoms with E-state index < -0.39 is 17.8 Å². The fraction of sp³-hybridized carbons (Fsp3) is 0.0435. The summed E-state index contributed by atoms with van der Waals surface area (Å²) in [6, 6.07) is 25.1. The summed E-state index contributed by atoms with van der Waals surface area (Å²) in [5.74, 6) is -1.51. The minimum atomic E-state index is -0.732. The van der Waals surface area contributed by atoms with E-state index >= 15 is 0 Å². The van der Waals surface area contributed by atoms with Gasteiger partial charge in [-0.2, -0.15) is 0 Å². The summed E-state index contributed by atoms with van der Waals surface area (Å²) in [7, 11) is 0. The van der Waals surface area contributed by atoms with Crippen molar-refractivity contribution in [1.29, 1.82) is 0 Å². The Morgan fingerprint density at radius 1 is 0.857 bits per heavy atom. The number of carbonyl (C=O) groups is 2. The van der Waals surface area contributed by atoms with Crippen LogP contribution in [0, 0.1) is 0 Å². The maximum absolute atomic E-state index is 12.2. The Morgan fingerprint density at radius 2 is 1.50 bits per heavy atom. The molecule has 3 aromatic carbocycles. The predicted molar refractivity (Wildman–Crippen MR) is 106 cm³/mol. The molecular formula is C23H19NO4. The van der Waals surface area contributed by atoms with Crippen molar-refractivity contribution >= 4 is 18.0 Å². The van der Waals surface area contributed by atoms with Gasteiger partial charge in [0, 0.05) is 6.08 Å². The van der Waals surface area contributed by atoms with Gasteiger partial charge in [0.2, 0.25) is 0 Å². The van der Waals surface area contributed by atoms with Crippen LogP contribution in [-0.2, 0) is 9.59 Å².